The molecule has 1 aliphatic rings. The van der Waals surface area contributed by atoms with Gasteiger partial charge in [-0.15, -0.1) is 44.2 Å². The molecule has 1 aromatic heterocycles. The third-order valence-corrected chi connectivity index (χ3v) is 2.48. The molecular weight excluding hydrogens is 392 g/mol. The van der Waals surface area contributed by atoms with Gasteiger partial charge < -0.3 is 10.2 Å². The Morgan fingerprint density at radius 1 is 1.13 bits per heavy atom. The van der Waals surface area contributed by atoms with Gasteiger partial charge in [-0.05, 0) is 28.1 Å². The molecule has 7 heteroatoms. The number of nitrogens with one attached hydrogen (secondary N) is 1. The normalized spacial score (nSPS) is 15.1. The fourth-order valence-corrected chi connectivity index (χ4v) is 1.58. The van der Waals surface area contributed by atoms with Crippen LogP contribution in [0.4, 0.5) is 5.82 Å². The van der Waals surface area contributed by atoms with Crippen molar-refractivity contribution in [2.75, 3.05) is 31.1 Å². The van der Waals surface area contributed by atoms with Crippen molar-refractivity contribution in [3.63, 3.8) is 0 Å². The minimum atomic E-state index is 0. The Kier molecular flexibility index (Phi) is 7.68. The van der Waals surface area contributed by atoms with Crippen LogP contribution >= 0.6 is 49.9 Å². The van der Waals surface area contributed by atoms with Crippen molar-refractivity contribution in [3.8, 4) is 0 Å². The number of hydrogen-bond donors (Lipinski definition) is 1. The molecule has 2 heterocycles. The number of anilines is 1. The van der Waals surface area contributed by atoms with Crippen molar-refractivity contribution in [3.05, 3.63) is 16.7 Å². The van der Waals surface area contributed by atoms with Crippen LogP contribution in [0.2, 0.25) is 0 Å². The first-order chi connectivity index (χ1) is 6.36. The molecule has 0 aromatic carbocycles. The Morgan fingerprint density at radius 2 is 1.80 bits per heavy atom. The highest BCUT2D eigenvalue weighted by atomic mass is 79.9. The molecule has 0 saturated carbocycles. The first-order valence-electron chi connectivity index (χ1n) is 4.31. The first-order valence-corrected chi connectivity index (χ1v) is 5.10. The zero-order chi connectivity index (χ0) is 9.10. The number of nitrogens with zero attached hydrogens (tertiary/aromatic N) is 3. The number of halogens is 3. The van der Waals surface area contributed by atoms with E-state index in [9.17, 15) is 0 Å². The molecule has 0 unspecified atom stereocenters. The summed E-state index contributed by atoms with van der Waals surface area (Å²) in [4.78, 5) is 2.23. The predicted octanol–water partition coefficient (Wildman–Crippen LogP) is 1.80. The third kappa shape index (κ3) is 4.34. The summed E-state index contributed by atoms with van der Waals surface area (Å²) in [5, 5.41) is 11.4. The third-order valence-electron chi connectivity index (χ3n) is 2.06. The standard InChI is InChI=1S/C8H11BrN4.2BrH/c9-7-1-2-8(12-11-7)13-5-3-10-4-6-13;;/h1-2,10H,3-6H2;2*1H. The lowest BCUT2D eigenvalue weighted by atomic mass is 10.3. The summed E-state index contributed by atoms with van der Waals surface area (Å²) in [5.74, 6) is 0.963. The second-order valence-electron chi connectivity index (χ2n) is 2.95. The maximum atomic E-state index is 4.10. The van der Waals surface area contributed by atoms with Crippen LogP contribution in [0.25, 0.3) is 0 Å². The maximum Gasteiger partial charge on any atom is 0.151 e. The molecule has 1 saturated heterocycles. The number of aromatic nitrogens is 2. The van der Waals surface area contributed by atoms with E-state index >= 15 is 0 Å². The van der Waals surface area contributed by atoms with E-state index < -0.39 is 0 Å². The summed E-state index contributed by atoms with van der Waals surface area (Å²) < 4.78 is 0.784. The largest absolute Gasteiger partial charge is 0.353 e. The molecule has 1 aliphatic heterocycles. The van der Waals surface area contributed by atoms with Gasteiger partial charge in [-0.25, -0.2) is 0 Å². The van der Waals surface area contributed by atoms with Crippen molar-refractivity contribution >= 4 is 55.7 Å². The molecule has 0 bridgehead atoms. The highest BCUT2D eigenvalue weighted by Gasteiger charge is 2.11. The Morgan fingerprint density at radius 3 is 2.33 bits per heavy atom. The number of rotatable bonds is 1. The van der Waals surface area contributed by atoms with Gasteiger partial charge in [0.2, 0.25) is 0 Å². The molecule has 4 nitrogen and oxygen atoms in total. The molecule has 0 atom stereocenters. The van der Waals surface area contributed by atoms with Crippen LogP contribution in [0.3, 0.4) is 0 Å². The zero-order valence-corrected chi connectivity index (χ0v) is 13.0. The Labute approximate surface area is 118 Å². The summed E-state index contributed by atoms with van der Waals surface area (Å²) in [5.41, 5.74) is 0. The van der Waals surface area contributed by atoms with Crippen LogP contribution in [0.1, 0.15) is 0 Å². The predicted molar refractivity (Wildman–Crippen MR) is 75.5 cm³/mol. The number of piperazine rings is 1. The molecule has 15 heavy (non-hydrogen) atoms. The van der Waals surface area contributed by atoms with E-state index in [1.807, 2.05) is 12.1 Å². The molecule has 1 fully saturated rings. The van der Waals surface area contributed by atoms with E-state index in [0.29, 0.717) is 0 Å². The van der Waals surface area contributed by atoms with Gasteiger partial charge in [0.25, 0.3) is 0 Å². The van der Waals surface area contributed by atoms with Crippen molar-refractivity contribution in [2.24, 2.45) is 0 Å². The van der Waals surface area contributed by atoms with Crippen LogP contribution in [0.15, 0.2) is 16.7 Å². The molecule has 1 N–H and O–H groups in total. The van der Waals surface area contributed by atoms with Gasteiger partial charge in [0.15, 0.2) is 5.82 Å². The Bertz CT molecular complexity index is 274. The Balaban J connectivity index is 0.000000980. The fraction of sp³-hybridized carbons (Fsp3) is 0.500. The van der Waals surface area contributed by atoms with Gasteiger partial charge in [-0.2, -0.15) is 0 Å². The topological polar surface area (TPSA) is 41.0 Å². The smallest absolute Gasteiger partial charge is 0.151 e. The Hall–Kier alpha value is 0.280. The highest BCUT2D eigenvalue weighted by molar-refractivity contribution is 9.10. The van der Waals surface area contributed by atoms with Crippen molar-refractivity contribution < 1.29 is 0 Å². The lowest BCUT2D eigenvalue weighted by Gasteiger charge is -2.27. The molecule has 0 radical (unpaired) electrons. The van der Waals surface area contributed by atoms with E-state index in [-0.39, 0.29) is 34.0 Å². The van der Waals surface area contributed by atoms with Crippen LogP contribution in [0.5, 0.6) is 0 Å². The van der Waals surface area contributed by atoms with E-state index in [1.165, 1.54) is 0 Å². The van der Waals surface area contributed by atoms with Gasteiger partial charge in [-0.1, -0.05) is 0 Å². The average Bonchev–Trinajstić information content (AvgIpc) is 2.20. The SMILES string of the molecule is Br.Br.Brc1ccc(N2CCNCC2)nn1. The molecule has 0 amide bonds. The van der Waals surface area contributed by atoms with Crippen LogP contribution in [-0.4, -0.2) is 36.4 Å². The summed E-state index contributed by atoms with van der Waals surface area (Å²) in [6.07, 6.45) is 0. The second kappa shape index (κ2) is 7.54. The van der Waals surface area contributed by atoms with Gasteiger partial charge in [0.1, 0.15) is 4.60 Å². The van der Waals surface area contributed by atoms with Gasteiger partial charge in [0, 0.05) is 26.2 Å². The maximum absolute atomic E-state index is 4.10. The highest BCUT2D eigenvalue weighted by Crippen LogP contribution is 2.12. The van der Waals surface area contributed by atoms with Gasteiger partial charge in [-0.3, -0.25) is 0 Å². The van der Waals surface area contributed by atoms with Crippen LogP contribution in [0, 0.1) is 0 Å². The van der Waals surface area contributed by atoms with E-state index in [4.69, 9.17) is 0 Å². The van der Waals surface area contributed by atoms with Crippen molar-refractivity contribution in [1.82, 2.24) is 15.5 Å². The van der Waals surface area contributed by atoms with Crippen molar-refractivity contribution in [1.29, 1.82) is 0 Å². The quantitative estimate of drug-likeness (QED) is 0.775. The van der Waals surface area contributed by atoms with Gasteiger partial charge >= 0.3 is 0 Å². The molecular formula is C8H13Br3N4. The minimum absolute atomic E-state index is 0. The number of hydrogen-bond acceptors (Lipinski definition) is 4. The minimum Gasteiger partial charge on any atom is -0.353 e. The summed E-state index contributed by atoms with van der Waals surface area (Å²) in [7, 11) is 0. The molecule has 0 spiro atoms. The lowest BCUT2D eigenvalue weighted by molar-refractivity contribution is 0.582. The van der Waals surface area contributed by atoms with Crippen LogP contribution < -0.4 is 10.2 Å². The summed E-state index contributed by atoms with van der Waals surface area (Å²) in [6, 6.07) is 3.91. The molecule has 1 aromatic rings. The average molecular weight is 405 g/mol. The zero-order valence-electron chi connectivity index (χ0n) is 8.02. The van der Waals surface area contributed by atoms with E-state index in [1.54, 1.807) is 0 Å². The fourth-order valence-electron chi connectivity index (χ4n) is 1.37. The van der Waals surface area contributed by atoms with E-state index in [2.05, 4.69) is 36.3 Å². The molecule has 86 valence electrons. The lowest BCUT2D eigenvalue weighted by Crippen LogP contribution is -2.43. The van der Waals surface area contributed by atoms with E-state index in [0.717, 1.165) is 36.6 Å². The monoisotopic (exact) mass is 402 g/mol. The first kappa shape index (κ1) is 15.3. The van der Waals surface area contributed by atoms with Crippen LogP contribution in [-0.2, 0) is 0 Å². The molecule has 0 aliphatic carbocycles. The summed E-state index contributed by atoms with van der Waals surface area (Å²) in [6.45, 7) is 4.07. The second-order valence-corrected chi connectivity index (χ2v) is 3.76. The summed E-state index contributed by atoms with van der Waals surface area (Å²) >= 11 is 3.26. The molecule has 2 rings (SSSR count). The van der Waals surface area contributed by atoms with Gasteiger partial charge in [0.05, 0.1) is 0 Å². The van der Waals surface area contributed by atoms with Crippen molar-refractivity contribution in [2.45, 2.75) is 0 Å².